The van der Waals surface area contributed by atoms with Gasteiger partial charge in [-0.15, -0.1) is 0 Å². The highest BCUT2D eigenvalue weighted by molar-refractivity contribution is 5.93. The number of aliphatic carboxylic acids is 1. The van der Waals surface area contributed by atoms with Gasteiger partial charge in [-0.2, -0.15) is 4.39 Å². The second-order valence-electron chi connectivity index (χ2n) is 7.48. The van der Waals surface area contributed by atoms with Gasteiger partial charge in [0.05, 0.1) is 23.7 Å². The number of hydrogen-bond donors (Lipinski definition) is 2. The normalized spacial score (nSPS) is 12.7. The van der Waals surface area contributed by atoms with Gasteiger partial charge < -0.3 is 15.2 Å². The summed E-state index contributed by atoms with van der Waals surface area (Å²) in [7, 11) is 0. The smallest absolute Gasteiger partial charge is 0.305 e. The predicted octanol–water partition coefficient (Wildman–Crippen LogP) is 2.37. The van der Waals surface area contributed by atoms with Gasteiger partial charge >= 0.3 is 5.97 Å². The third-order valence-corrected chi connectivity index (χ3v) is 5.16. The third kappa shape index (κ3) is 5.65. The van der Waals surface area contributed by atoms with E-state index in [0.29, 0.717) is 17.6 Å². The number of nitrogens with one attached hydrogen (secondary N) is 1. The van der Waals surface area contributed by atoms with Gasteiger partial charge in [0.15, 0.2) is 23.2 Å². The fraction of sp³-hybridized carbons (Fsp3) is 0.261. The van der Waals surface area contributed by atoms with Crippen LogP contribution in [0.2, 0.25) is 0 Å². The van der Waals surface area contributed by atoms with Crippen molar-refractivity contribution < 1.29 is 37.4 Å². The summed E-state index contributed by atoms with van der Waals surface area (Å²) < 4.78 is 46.7. The number of hydrogen-bond acceptors (Lipinski definition) is 6. The Morgan fingerprint density at radius 2 is 1.80 bits per heavy atom. The zero-order valence-electron chi connectivity index (χ0n) is 18.3. The number of amides is 1. The van der Waals surface area contributed by atoms with Crippen LogP contribution in [0.5, 0.6) is 5.75 Å². The molecule has 2 atom stereocenters. The van der Waals surface area contributed by atoms with Crippen LogP contribution >= 0.6 is 0 Å². The molecule has 0 aliphatic carbocycles. The average Bonchev–Trinajstić information content (AvgIpc) is 2.82. The lowest BCUT2D eigenvalue weighted by Crippen LogP contribution is -2.48. The van der Waals surface area contributed by atoms with Crippen molar-refractivity contribution in [2.24, 2.45) is 0 Å². The van der Waals surface area contributed by atoms with E-state index in [1.807, 2.05) is 0 Å². The van der Waals surface area contributed by atoms with E-state index in [1.54, 1.807) is 25.1 Å². The fourth-order valence-corrected chi connectivity index (χ4v) is 3.39. The van der Waals surface area contributed by atoms with Gasteiger partial charge in [0.2, 0.25) is 11.7 Å². The molecule has 1 amide bonds. The highest BCUT2D eigenvalue weighted by Gasteiger charge is 2.29. The summed E-state index contributed by atoms with van der Waals surface area (Å²) in [5.74, 6) is -8.85. The molecule has 3 aromatic rings. The maximum absolute atomic E-state index is 13.8. The first kappa shape index (κ1) is 25.4. The number of carbonyl (C=O) groups excluding carboxylic acids is 2. The maximum Gasteiger partial charge on any atom is 0.305 e. The van der Waals surface area contributed by atoms with E-state index in [1.165, 1.54) is 12.4 Å². The highest BCUT2D eigenvalue weighted by Crippen LogP contribution is 2.23. The molecular weight excluding hydrogens is 471 g/mol. The minimum absolute atomic E-state index is 0.0932. The Bertz CT molecular complexity index is 1340. The Kier molecular flexibility index (Phi) is 7.84. The number of halogens is 3. The number of carboxylic acids is 1. The molecule has 0 radical (unpaired) electrons. The summed E-state index contributed by atoms with van der Waals surface area (Å²) in [5.41, 5.74) is -0.101. The molecule has 0 bridgehead atoms. The molecule has 0 saturated heterocycles. The molecule has 1 heterocycles. The molecule has 1 aromatic heterocycles. The Hall–Kier alpha value is -4.22. The minimum atomic E-state index is -1.66. The number of para-hydroxylation sites is 1. The van der Waals surface area contributed by atoms with Crippen molar-refractivity contribution in [3.8, 4) is 5.75 Å². The zero-order valence-corrected chi connectivity index (χ0v) is 18.3. The Morgan fingerprint density at radius 1 is 1.11 bits per heavy atom. The molecule has 0 aliphatic rings. The van der Waals surface area contributed by atoms with Gasteiger partial charge in [0, 0.05) is 0 Å². The first-order valence-electron chi connectivity index (χ1n) is 10.4. The third-order valence-electron chi connectivity index (χ3n) is 5.16. The first-order chi connectivity index (χ1) is 16.6. The molecule has 0 fully saturated rings. The quantitative estimate of drug-likeness (QED) is 0.417. The maximum atomic E-state index is 13.8. The van der Waals surface area contributed by atoms with E-state index in [0.717, 1.165) is 4.57 Å². The monoisotopic (exact) mass is 491 g/mol. The number of nitrogens with zero attached hydrogens (tertiary/aromatic N) is 2. The zero-order chi connectivity index (χ0) is 25.7. The van der Waals surface area contributed by atoms with Crippen molar-refractivity contribution in [1.29, 1.82) is 0 Å². The molecule has 0 spiro atoms. The number of benzene rings is 2. The first-order valence-corrected chi connectivity index (χ1v) is 10.4. The average molecular weight is 491 g/mol. The van der Waals surface area contributed by atoms with Crippen LogP contribution in [-0.2, 0) is 14.4 Å². The number of fused-ring (bicyclic) bond motifs is 1. The van der Waals surface area contributed by atoms with Crippen molar-refractivity contribution in [3.63, 3.8) is 0 Å². The number of carboxylic acid groups (broad SMARTS) is 1. The lowest BCUT2D eigenvalue weighted by atomic mass is 10.1. The number of carbonyl (C=O) groups is 3. The highest BCUT2D eigenvalue weighted by atomic mass is 19.2. The number of ketones is 1. The van der Waals surface area contributed by atoms with Crippen LogP contribution in [0.25, 0.3) is 10.9 Å². The van der Waals surface area contributed by atoms with Crippen LogP contribution in [0.15, 0.2) is 47.5 Å². The minimum Gasteiger partial charge on any atom is -0.481 e. The number of aromatic nitrogens is 2. The van der Waals surface area contributed by atoms with Crippen molar-refractivity contribution >= 4 is 28.6 Å². The topological polar surface area (TPSA) is 128 Å². The van der Waals surface area contributed by atoms with Crippen LogP contribution in [-0.4, -0.2) is 45.0 Å². The van der Waals surface area contributed by atoms with Gasteiger partial charge in [-0.1, -0.05) is 19.1 Å². The lowest BCUT2D eigenvalue weighted by Gasteiger charge is -2.22. The number of ether oxygens (including phenoxy) is 1. The van der Waals surface area contributed by atoms with Crippen LogP contribution in [0, 0.1) is 17.5 Å². The van der Waals surface area contributed by atoms with Crippen LogP contribution in [0.4, 0.5) is 13.2 Å². The largest absolute Gasteiger partial charge is 0.481 e. The second-order valence-corrected chi connectivity index (χ2v) is 7.48. The van der Waals surface area contributed by atoms with E-state index in [9.17, 15) is 32.3 Å². The summed E-state index contributed by atoms with van der Waals surface area (Å²) in [5, 5.41) is 11.7. The van der Waals surface area contributed by atoms with Gasteiger partial charge in [0.1, 0.15) is 18.7 Å². The number of rotatable bonds is 10. The van der Waals surface area contributed by atoms with E-state index in [-0.39, 0.29) is 11.8 Å². The molecule has 35 heavy (non-hydrogen) atoms. The second kappa shape index (κ2) is 10.8. The van der Waals surface area contributed by atoms with Crippen molar-refractivity contribution in [3.05, 3.63) is 70.5 Å². The molecule has 0 unspecified atom stereocenters. The Labute approximate surface area is 196 Å². The van der Waals surface area contributed by atoms with Crippen LogP contribution in [0.3, 0.4) is 0 Å². The molecule has 9 nitrogen and oxygen atoms in total. The molecule has 0 aliphatic heterocycles. The Morgan fingerprint density at radius 3 is 2.49 bits per heavy atom. The molecular formula is C23H20F3N3O6. The molecule has 3 rings (SSSR count). The van der Waals surface area contributed by atoms with Crippen molar-refractivity contribution in [2.75, 3.05) is 6.61 Å². The van der Waals surface area contributed by atoms with Gasteiger partial charge in [-0.3, -0.25) is 23.7 Å². The van der Waals surface area contributed by atoms with Gasteiger partial charge in [-0.25, -0.2) is 13.8 Å². The standard InChI is InChI=1S/C23H20F3N3O6/c1-2-17(29-11-27-15-6-4-3-5-12(15)23(29)34)22(33)28-16(9-19(31)32)18(30)10-35-21-14(25)8-7-13(24)20(21)26/h3-8,11,16-17H,2,9-10H2,1H3,(H,28,33)(H,31,32)/t16-,17-/m0/s1. The fourth-order valence-electron chi connectivity index (χ4n) is 3.39. The van der Waals surface area contributed by atoms with E-state index >= 15 is 0 Å². The molecule has 2 aromatic carbocycles. The van der Waals surface area contributed by atoms with Crippen molar-refractivity contribution in [1.82, 2.24) is 14.9 Å². The molecule has 184 valence electrons. The van der Waals surface area contributed by atoms with E-state index in [4.69, 9.17) is 9.84 Å². The summed E-state index contributed by atoms with van der Waals surface area (Å²) in [4.78, 5) is 53.7. The lowest BCUT2D eigenvalue weighted by molar-refractivity contribution is -0.140. The predicted molar refractivity (Wildman–Crippen MR) is 116 cm³/mol. The SMILES string of the molecule is CC[C@@H](C(=O)N[C@@H](CC(=O)O)C(=O)COc1c(F)ccc(F)c1F)n1cnc2ccccc2c1=O. The summed E-state index contributed by atoms with van der Waals surface area (Å²) in [6, 6.07) is 4.80. The van der Waals surface area contributed by atoms with Crippen LogP contribution in [0.1, 0.15) is 25.8 Å². The van der Waals surface area contributed by atoms with Crippen LogP contribution < -0.4 is 15.6 Å². The van der Waals surface area contributed by atoms with E-state index < -0.39 is 71.5 Å². The van der Waals surface area contributed by atoms with Gasteiger partial charge in [0.25, 0.3) is 5.56 Å². The summed E-state index contributed by atoms with van der Waals surface area (Å²) in [6.45, 7) is 0.544. The molecule has 12 heteroatoms. The Balaban J connectivity index is 1.81. The van der Waals surface area contributed by atoms with Crippen molar-refractivity contribution in [2.45, 2.75) is 31.8 Å². The summed E-state index contributed by atoms with van der Waals surface area (Å²) in [6.07, 6.45) is 0.393. The molecule has 2 N–H and O–H groups in total. The molecule has 0 saturated carbocycles. The summed E-state index contributed by atoms with van der Waals surface area (Å²) >= 11 is 0. The number of Topliss-reactive ketones (excluding diaryl/α,β-unsaturated/α-hetero) is 1. The van der Waals surface area contributed by atoms with E-state index in [2.05, 4.69) is 10.3 Å². The van der Waals surface area contributed by atoms with Gasteiger partial charge in [-0.05, 0) is 30.7 Å².